The number of hydrogen-bond donors (Lipinski definition) is 2. The number of rotatable bonds is 5. The van der Waals surface area contributed by atoms with Crippen molar-refractivity contribution in [3.63, 3.8) is 0 Å². The van der Waals surface area contributed by atoms with Crippen molar-refractivity contribution >= 4 is 0 Å². The molecule has 1 aromatic rings. The van der Waals surface area contributed by atoms with Gasteiger partial charge in [0.15, 0.2) is 0 Å². The van der Waals surface area contributed by atoms with E-state index in [1.807, 2.05) is 4.98 Å². The van der Waals surface area contributed by atoms with Crippen LogP contribution in [0.4, 0.5) is 8.78 Å². The minimum absolute atomic E-state index is 0.117. The number of hydrogen-bond acceptors (Lipinski definition) is 4. The summed E-state index contributed by atoms with van der Waals surface area (Å²) in [5, 5.41) is 9.22. The molecule has 0 aromatic carbocycles. The zero-order valence-corrected chi connectivity index (χ0v) is 8.15. The van der Waals surface area contributed by atoms with Gasteiger partial charge in [-0.3, -0.25) is 14.3 Å². The molecule has 0 radical (unpaired) electrons. The molecule has 0 aliphatic rings. The van der Waals surface area contributed by atoms with Gasteiger partial charge >= 0.3 is 5.69 Å². The van der Waals surface area contributed by atoms with Crippen LogP contribution < -0.4 is 11.2 Å². The monoisotopic (exact) mass is 236 g/mol. The molecule has 0 spiro atoms. The predicted molar refractivity (Wildman–Crippen MR) is 49.8 cm³/mol. The summed E-state index contributed by atoms with van der Waals surface area (Å²) in [7, 11) is 0. The smallest absolute Gasteiger partial charge is 0.331 e. The van der Waals surface area contributed by atoms with Crippen molar-refractivity contribution in [2.45, 2.75) is 13.0 Å². The Bertz CT molecular complexity index is 454. The van der Waals surface area contributed by atoms with Crippen LogP contribution in [-0.4, -0.2) is 34.3 Å². The summed E-state index contributed by atoms with van der Waals surface area (Å²) in [6.07, 6.45) is -2.58. The summed E-state index contributed by atoms with van der Waals surface area (Å²) in [6, 6.07) is 0.814. The van der Waals surface area contributed by atoms with Crippen LogP contribution in [0.1, 0.15) is 0 Å². The molecule has 1 rings (SSSR count). The maximum atomic E-state index is 11.7. The van der Waals surface area contributed by atoms with Crippen LogP contribution in [0.5, 0.6) is 5.88 Å². The van der Waals surface area contributed by atoms with E-state index in [9.17, 15) is 23.5 Å². The highest BCUT2D eigenvalue weighted by molar-refractivity contribution is 5.05. The maximum Gasteiger partial charge on any atom is 0.331 e. The minimum atomic E-state index is -2.58. The molecule has 6 nitrogen and oxygen atoms in total. The molecule has 0 saturated heterocycles. The van der Waals surface area contributed by atoms with Gasteiger partial charge in [0.2, 0.25) is 5.88 Å². The number of halogens is 2. The number of H-pyrrole nitrogens is 1. The van der Waals surface area contributed by atoms with E-state index in [-0.39, 0.29) is 13.2 Å². The van der Waals surface area contributed by atoms with Gasteiger partial charge in [0.25, 0.3) is 12.0 Å². The molecule has 0 bridgehead atoms. The predicted octanol–water partition coefficient (Wildman–Crippen LogP) is -0.476. The Morgan fingerprint density at radius 2 is 2.19 bits per heavy atom. The molecule has 0 fully saturated rings. The molecule has 0 saturated carbocycles. The van der Waals surface area contributed by atoms with Crippen LogP contribution in [-0.2, 0) is 11.3 Å². The number of nitrogens with zero attached hydrogens (tertiary/aromatic N) is 1. The van der Waals surface area contributed by atoms with E-state index in [0.29, 0.717) is 0 Å². The molecule has 0 amide bonds. The van der Waals surface area contributed by atoms with Gasteiger partial charge in [-0.05, 0) is 0 Å². The fraction of sp³-hybridized carbons (Fsp3) is 0.500. The van der Waals surface area contributed by atoms with Crippen molar-refractivity contribution in [3.05, 3.63) is 26.9 Å². The van der Waals surface area contributed by atoms with Crippen molar-refractivity contribution in [2.24, 2.45) is 0 Å². The van der Waals surface area contributed by atoms with Crippen LogP contribution in [0, 0.1) is 0 Å². The summed E-state index contributed by atoms with van der Waals surface area (Å²) in [5.74, 6) is -0.533. The van der Waals surface area contributed by atoms with Gasteiger partial charge in [0.05, 0.1) is 19.2 Å². The Morgan fingerprint density at radius 3 is 2.75 bits per heavy atom. The number of aromatic amines is 1. The van der Waals surface area contributed by atoms with Gasteiger partial charge in [0, 0.05) is 0 Å². The Hall–Kier alpha value is -1.70. The highest BCUT2D eigenvalue weighted by Gasteiger charge is 2.05. The molecule has 1 heterocycles. The van der Waals surface area contributed by atoms with Gasteiger partial charge in [-0.15, -0.1) is 0 Å². The number of alkyl halides is 2. The lowest BCUT2D eigenvalue weighted by Crippen LogP contribution is -2.30. The first-order valence-electron chi connectivity index (χ1n) is 4.39. The number of nitrogens with one attached hydrogen (secondary N) is 1. The largest absolute Gasteiger partial charge is 0.494 e. The van der Waals surface area contributed by atoms with Gasteiger partial charge in [-0.25, -0.2) is 13.6 Å². The topological polar surface area (TPSA) is 84.3 Å². The third-order valence-corrected chi connectivity index (χ3v) is 1.72. The van der Waals surface area contributed by atoms with Crippen molar-refractivity contribution in [1.82, 2.24) is 9.55 Å². The van der Waals surface area contributed by atoms with E-state index in [2.05, 4.69) is 4.74 Å². The second-order valence-corrected chi connectivity index (χ2v) is 2.91. The second kappa shape index (κ2) is 5.40. The zero-order valence-electron chi connectivity index (χ0n) is 8.15. The molecular formula is C8H10F2N2O4. The molecule has 0 aliphatic heterocycles. The van der Waals surface area contributed by atoms with Crippen LogP contribution in [0.25, 0.3) is 0 Å². The first-order valence-corrected chi connectivity index (χ1v) is 4.39. The van der Waals surface area contributed by atoms with E-state index < -0.39 is 30.2 Å². The van der Waals surface area contributed by atoms with E-state index in [0.717, 1.165) is 10.6 Å². The summed E-state index contributed by atoms with van der Waals surface area (Å²) in [6.45, 7) is -1.02. The first kappa shape index (κ1) is 12.4. The average molecular weight is 236 g/mol. The summed E-state index contributed by atoms with van der Waals surface area (Å²) < 4.78 is 28.7. The number of aromatic nitrogens is 2. The van der Waals surface area contributed by atoms with Gasteiger partial charge in [-0.2, -0.15) is 0 Å². The fourth-order valence-corrected chi connectivity index (χ4v) is 1.05. The summed E-state index contributed by atoms with van der Waals surface area (Å²) >= 11 is 0. The fourth-order valence-electron chi connectivity index (χ4n) is 1.05. The summed E-state index contributed by atoms with van der Waals surface area (Å²) in [4.78, 5) is 23.8. The van der Waals surface area contributed by atoms with E-state index in [1.165, 1.54) is 0 Å². The molecule has 0 unspecified atom stereocenters. The molecule has 0 atom stereocenters. The van der Waals surface area contributed by atoms with Crippen molar-refractivity contribution in [3.8, 4) is 5.88 Å². The van der Waals surface area contributed by atoms with Crippen molar-refractivity contribution in [1.29, 1.82) is 0 Å². The molecule has 16 heavy (non-hydrogen) atoms. The van der Waals surface area contributed by atoms with Gasteiger partial charge < -0.3 is 9.84 Å². The van der Waals surface area contributed by atoms with Gasteiger partial charge in [0.1, 0.15) is 6.61 Å². The number of ether oxygens (including phenoxy) is 1. The number of aromatic hydroxyl groups is 1. The normalized spacial score (nSPS) is 10.9. The average Bonchev–Trinajstić information content (AvgIpc) is 2.14. The highest BCUT2D eigenvalue weighted by atomic mass is 19.3. The molecule has 1 aromatic heterocycles. The lowest BCUT2D eigenvalue weighted by molar-refractivity contribution is 0.0140. The van der Waals surface area contributed by atoms with Crippen molar-refractivity contribution < 1.29 is 18.6 Å². The maximum absolute atomic E-state index is 11.7. The Kier molecular flexibility index (Phi) is 4.18. The summed E-state index contributed by atoms with van der Waals surface area (Å²) in [5.41, 5.74) is -1.54. The van der Waals surface area contributed by atoms with Crippen LogP contribution in [0.15, 0.2) is 15.7 Å². The standard InChI is InChI=1S/C8H10F2N2O4/c9-5(10)4-16-2-1-12-7(14)3-6(13)11-8(12)15/h3,5,14H,1-2,4H2,(H,11,13,15). The highest BCUT2D eigenvalue weighted by Crippen LogP contribution is 2.00. The quantitative estimate of drug-likeness (QED) is 0.676. The molecular weight excluding hydrogens is 226 g/mol. The van der Waals surface area contributed by atoms with Crippen LogP contribution in [0.3, 0.4) is 0 Å². The minimum Gasteiger partial charge on any atom is -0.494 e. The van der Waals surface area contributed by atoms with Gasteiger partial charge in [-0.1, -0.05) is 0 Å². The first-order chi connectivity index (χ1) is 7.50. The van der Waals surface area contributed by atoms with Crippen LogP contribution >= 0.6 is 0 Å². The Morgan fingerprint density at radius 1 is 1.50 bits per heavy atom. The van der Waals surface area contributed by atoms with Crippen LogP contribution in [0.2, 0.25) is 0 Å². The van der Waals surface area contributed by atoms with E-state index in [4.69, 9.17) is 0 Å². The zero-order chi connectivity index (χ0) is 12.1. The third kappa shape index (κ3) is 3.46. The Labute approximate surface area is 88.1 Å². The van der Waals surface area contributed by atoms with Crippen molar-refractivity contribution in [2.75, 3.05) is 13.2 Å². The molecule has 8 heteroatoms. The third-order valence-electron chi connectivity index (χ3n) is 1.72. The lowest BCUT2D eigenvalue weighted by Gasteiger charge is -2.07. The molecule has 90 valence electrons. The lowest BCUT2D eigenvalue weighted by atomic mass is 10.5. The van der Waals surface area contributed by atoms with E-state index >= 15 is 0 Å². The molecule has 2 N–H and O–H groups in total. The van der Waals surface area contributed by atoms with E-state index in [1.54, 1.807) is 0 Å². The SMILES string of the molecule is O=c1cc(O)n(CCOCC(F)F)c(=O)[nH]1. The molecule has 0 aliphatic carbocycles. The Balaban J connectivity index is 2.61. The second-order valence-electron chi connectivity index (χ2n) is 2.91.